The number of alkyl halides is 3. The molecule has 1 unspecified atom stereocenters. The zero-order valence-electron chi connectivity index (χ0n) is 10.4. The lowest BCUT2D eigenvalue weighted by Gasteiger charge is -2.12. The van der Waals surface area contributed by atoms with Crippen LogP contribution in [-0.2, 0) is 11.2 Å². The number of rotatable bonds is 6. The fourth-order valence-electron chi connectivity index (χ4n) is 1.77. The van der Waals surface area contributed by atoms with Crippen molar-refractivity contribution in [2.24, 2.45) is 5.92 Å². The molecule has 1 atom stereocenters. The highest BCUT2D eigenvalue weighted by atomic mass is 19.4. The van der Waals surface area contributed by atoms with Gasteiger partial charge >= 0.3 is 12.3 Å². The minimum atomic E-state index is -4.71. The first-order chi connectivity index (χ1) is 8.81. The van der Waals surface area contributed by atoms with Crippen molar-refractivity contribution < 1.29 is 27.8 Å². The van der Waals surface area contributed by atoms with Crippen LogP contribution in [0.5, 0.6) is 5.75 Å². The summed E-state index contributed by atoms with van der Waals surface area (Å²) in [4.78, 5) is 11.0. The monoisotopic (exact) mass is 276 g/mol. The van der Waals surface area contributed by atoms with Crippen LogP contribution in [0.2, 0.25) is 0 Å². The van der Waals surface area contributed by atoms with E-state index < -0.39 is 18.2 Å². The van der Waals surface area contributed by atoms with Gasteiger partial charge in [0.05, 0.1) is 5.92 Å². The second-order valence-electron chi connectivity index (χ2n) is 4.22. The molecular formula is C13H15F3O3. The minimum Gasteiger partial charge on any atom is -0.481 e. The van der Waals surface area contributed by atoms with Gasteiger partial charge in [0, 0.05) is 0 Å². The summed E-state index contributed by atoms with van der Waals surface area (Å²) in [6.07, 6.45) is -3.13. The van der Waals surface area contributed by atoms with E-state index in [0.717, 1.165) is 6.42 Å². The smallest absolute Gasteiger partial charge is 0.481 e. The first kappa shape index (κ1) is 15.3. The molecule has 0 saturated heterocycles. The largest absolute Gasteiger partial charge is 0.573 e. The molecule has 3 nitrogen and oxygen atoms in total. The molecule has 0 aliphatic rings. The Kier molecular flexibility index (Phi) is 5.20. The number of benzene rings is 1. The highest BCUT2D eigenvalue weighted by molar-refractivity contribution is 5.70. The van der Waals surface area contributed by atoms with Gasteiger partial charge in [-0.2, -0.15) is 0 Å². The van der Waals surface area contributed by atoms with E-state index in [1.165, 1.54) is 24.3 Å². The number of halogens is 3. The van der Waals surface area contributed by atoms with Crippen LogP contribution in [0, 0.1) is 5.92 Å². The molecule has 1 rings (SSSR count). The maximum Gasteiger partial charge on any atom is 0.573 e. The lowest BCUT2D eigenvalue weighted by Crippen LogP contribution is -2.17. The molecule has 1 aromatic carbocycles. The lowest BCUT2D eigenvalue weighted by atomic mass is 9.95. The van der Waals surface area contributed by atoms with Crippen molar-refractivity contribution in [3.05, 3.63) is 29.8 Å². The predicted octanol–water partition coefficient (Wildman–Crippen LogP) is 3.63. The van der Waals surface area contributed by atoms with Gasteiger partial charge in [-0.1, -0.05) is 25.5 Å². The molecule has 0 aliphatic carbocycles. The lowest BCUT2D eigenvalue weighted by molar-refractivity contribution is -0.274. The van der Waals surface area contributed by atoms with Gasteiger partial charge in [-0.3, -0.25) is 4.79 Å². The molecule has 106 valence electrons. The van der Waals surface area contributed by atoms with Crippen molar-refractivity contribution >= 4 is 5.97 Å². The third kappa shape index (κ3) is 5.63. The standard InChI is InChI=1S/C13H15F3O3/c1-2-3-10(12(17)18)8-9-4-6-11(7-5-9)19-13(14,15)16/h4-7,10H,2-3,8H2,1H3,(H,17,18). The van der Waals surface area contributed by atoms with Crippen LogP contribution in [0.25, 0.3) is 0 Å². The van der Waals surface area contributed by atoms with E-state index >= 15 is 0 Å². The summed E-state index contributed by atoms with van der Waals surface area (Å²) in [5.74, 6) is -1.71. The van der Waals surface area contributed by atoms with Crippen molar-refractivity contribution in [2.45, 2.75) is 32.5 Å². The van der Waals surface area contributed by atoms with E-state index in [2.05, 4.69) is 4.74 Å². The SMILES string of the molecule is CCCC(Cc1ccc(OC(F)(F)F)cc1)C(=O)O. The van der Waals surface area contributed by atoms with Gasteiger partial charge in [-0.25, -0.2) is 0 Å². The summed E-state index contributed by atoms with van der Waals surface area (Å²) in [5, 5.41) is 9.00. The molecule has 1 N–H and O–H groups in total. The molecule has 19 heavy (non-hydrogen) atoms. The Hall–Kier alpha value is -1.72. The summed E-state index contributed by atoms with van der Waals surface area (Å²) < 4.78 is 39.6. The third-order valence-corrected chi connectivity index (χ3v) is 2.63. The topological polar surface area (TPSA) is 46.5 Å². The molecule has 0 amide bonds. The van der Waals surface area contributed by atoms with Crippen molar-refractivity contribution in [1.29, 1.82) is 0 Å². The molecule has 0 aliphatic heterocycles. The Morgan fingerprint density at radius 2 is 1.89 bits per heavy atom. The van der Waals surface area contributed by atoms with Crippen LogP contribution in [0.1, 0.15) is 25.3 Å². The van der Waals surface area contributed by atoms with E-state index in [1.54, 1.807) is 0 Å². The van der Waals surface area contributed by atoms with E-state index in [0.29, 0.717) is 18.4 Å². The average molecular weight is 276 g/mol. The summed E-state index contributed by atoms with van der Waals surface area (Å²) in [6, 6.07) is 5.28. The van der Waals surface area contributed by atoms with Gasteiger partial charge in [0.1, 0.15) is 5.75 Å². The normalized spacial score (nSPS) is 13.1. The van der Waals surface area contributed by atoms with Gasteiger partial charge < -0.3 is 9.84 Å². The van der Waals surface area contributed by atoms with Crippen molar-refractivity contribution in [3.8, 4) is 5.75 Å². The Morgan fingerprint density at radius 1 is 1.32 bits per heavy atom. The van der Waals surface area contributed by atoms with Crippen LogP contribution >= 0.6 is 0 Å². The Labute approximate surface area is 109 Å². The Bertz CT molecular complexity index is 412. The first-order valence-electron chi connectivity index (χ1n) is 5.89. The average Bonchev–Trinajstić information content (AvgIpc) is 2.29. The van der Waals surface area contributed by atoms with Crippen LogP contribution in [-0.4, -0.2) is 17.4 Å². The summed E-state index contributed by atoms with van der Waals surface area (Å²) >= 11 is 0. The quantitative estimate of drug-likeness (QED) is 0.863. The van der Waals surface area contributed by atoms with E-state index in [-0.39, 0.29) is 5.75 Å². The molecular weight excluding hydrogens is 261 g/mol. The Morgan fingerprint density at radius 3 is 2.32 bits per heavy atom. The molecule has 0 bridgehead atoms. The van der Waals surface area contributed by atoms with Crippen molar-refractivity contribution in [1.82, 2.24) is 0 Å². The van der Waals surface area contributed by atoms with Crippen molar-refractivity contribution in [2.75, 3.05) is 0 Å². The number of hydrogen-bond donors (Lipinski definition) is 1. The molecule has 0 saturated carbocycles. The van der Waals surface area contributed by atoms with E-state index in [9.17, 15) is 18.0 Å². The number of aliphatic carboxylic acids is 1. The molecule has 1 aromatic rings. The zero-order chi connectivity index (χ0) is 14.5. The summed E-state index contributed by atoms with van der Waals surface area (Å²) in [6.45, 7) is 1.89. The fraction of sp³-hybridized carbons (Fsp3) is 0.462. The summed E-state index contributed by atoms with van der Waals surface area (Å²) in [5.41, 5.74) is 0.676. The maximum absolute atomic E-state index is 12.0. The number of carboxylic acids is 1. The molecule has 0 fully saturated rings. The summed E-state index contributed by atoms with van der Waals surface area (Å²) in [7, 11) is 0. The fourth-order valence-corrected chi connectivity index (χ4v) is 1.77. The maximum atomic E-state index is 12.0. The third-order valence-electron chi connectivity index (χ3n) is 2.63. The van der Waals surface area contributed by atoms with Gasteiger partial charge in [-0.15, -0.1) is 13.2 Å². The molecule has 0 spiro atoms. The van der Waals surface area contributed by atoms with Gasteiger partial charge in [0.15, 0.2) is 0 Å². The highest BCUT2D eigenvalue weighted by Crippen LogP contribution is 2.24. The van der Waals surface area contributed by atoms with Crippen molar-refractivity contribution in [3.63, 3.8) is 0 Å². The van der Waals surface area contributed by atoms with Gasteiger partial charge in [0.25, 0.3) is 0 Å². The van der Waals surface area contributed by atoms with E-state index in [4.69, 9.17) is 5.11 Å². The zero-order valence-corrected chi connectivity index (χ0v) is 10.4. The number of carbonyl (C=O) groups is 1. The number of ether oxygens (including phenoxy) is 1. The van der Waals surface area contributed by atoms with Gasteiger partial charge in [-0.05, 0) is 30.5 Å². The van der Waals surface area contributed by atoms with Crippen LogP contribution in [0.3, 0.4) is 0 Å². The number of hydrogen-bond acceptors (Lipinski definition) is 2. The second kappa shape index (κ2) is 6.45. The molecule has 0 aromatic heterocycles. The van der Waals surface area contributed by atoms with E-state index in [1.807, 2.05) is 6.92 Å². The highest BCUT2D eigenvalue weighted by Gasteiger charge is 2.31. The van der Waals surface area contributed by atoms with Gasteiger partial charge in [0.2, 0.25) is 0 Å². The second-order valence-corrected chi connectivity index (χ2v) is 4.22. The predicted molar refractivity (Wildman–Crippen MR) is 62.9 cm³/mol. The molecule has 0 heterocycles. The molecule has 6 heteroatoms. The first-order valence-corrected chi connectivity index (χ1v) is 5.89. The van der Waals surface area contributed by atoms with Crippen LogP contribution in [0.15, 0.2) is 24.3 Å². The Balaban J connectivity index is 2.68. The van der Waals surface area contributed by atoms with Crippen LogP contribution < -0.4 is 4.74 Å². The molecule has 0 radical (unpaired) electrons. The number of carboxylic acid groups (broad SMARTS) is 1. The van der Waals surface area contributed by atoms with Crippen LogP contribution in [0.4, 0.5) is 13.2 Å². The minimum absolute atomic E-state index is 0.301.